The van der Waals surface area contributed by atoms with Gasteiger partial charge in [0.05, 0.1) is 13.2 Å². The molecule has 0 saturated heterocycles. The van der Waals surface area contributed by atoms with Crippen LogP contribution in [0.2, 0.25) is 0 Å². The van der Waals surface area contributed by atoms with Crippen LogP contribution >= 0.6 is 0 Å². The number of hydrogen-bond acceptors (Lipinski definition) is 5. The van der Waals surface area contributed by atoms with E-state index in [2.05, 4.69) is 15.0 Å². The average Bonchev–Trinajstić information content (AvgIpc) is 2.87. The SMILES string of the molecule is CCN(CCO)Cc1nc(-c2ccccc2C)no1. The molecule has 2 aromatic rings. The van der Waals surface area contributed by atoms with Crippen molar-refractivity contribution in [1.82, 2.24) is 15.0 Å². The summed E-state index contributed by atoms with van der Waals surface area (Å²) in [5, 5.41) is 13.0. The molecule has 5 nitrogen and oxygen atoms in total. The lowest BCUT2D eigenvalue weighted by Gasteiger charge is -2.15. The predicted octanol–water partition coefficient (Wildman–Crippen LogP) is 1.86. The monoisotopic (exact) mass is 261 g/mol. The molecule has 102 valence electrons. The second-order valence-electron chi connectivity index (χ2n) is 4.42. The van der Waals surface area contributed by atoms with Crippen LogP contribution in [0.5, 0.6) is 0 Å². The van der Waals surface area contributed by atoms with Crippen molar-refractivity contribution in [2.45, 2.75) is 20.4 Å². The van der Waals surface area contributed by atoms with Crippen molar-refractivity contribution in [2.24, 2.45) is 0 Å². The van der Waals surface area contributed by atoms with E-state index in [1.807, 2.05) is 38.1 Å². The van der Waals surface area contributed by atoms with E-state index in [1.165, 1.54) is 0 Å². The lowest BCUT2D eigenvalue weighted by Crippen LogP contribution is -2.26. The zero-order valence-corrected chi connectivity index (χ0v) is 11.3. The number of rotatable bonds is 6. The number of benzene rings is 1. The fraction of sp³-hybridized carbons (Fsp3) is 0.429. The first-order chi connectivity index (χ1) is 9.24. The van der Waals surface area contributed by atoms with E-state index in [0.717, 1.165) is 17.7 Å². The molecule has 0 aliphatic rings. The molecule has 2 rings (SSSR count). The molecule has 1 N–H and O–H groups in total. The maximum Gasteiger partial charge on any atom is 0.241 e. The summed E-state index contributed by atoms with van der Waals surface area (Å²) in [4.78, 5) is 6.46. The van der Waals surface area contributed by atoms with Crippen LogP contribution in [-0.4, -0.2) is 39.8 Å². The standard InChI is InChI=1S/C14H19N3O2/c1-3-17(8-9-18)10-13-15-14(16-19-13)12-7-5-4-6-11(12)2/h4-7,18H,3,8-10H2,1-2H3. The molecule has 0 atom stereocenters. The van der Waals surface area contributed by atoms with Crippen molar-refractivity contribution in [1.29, 1.82) is 0 Å². The summed E-state index contributed by atoms with van der Waals surface area (Å²) in [6, 6.07) is 7.95. The van der Waals surface area contributed by atoms with Gasteiger partial charge in [-0.1, -0.05) is 36.3 Å². The molecule has 19 heavy (non-hydrogen) atoms. The van der Waals surface area contributed by atoms with E-state index in [9.17, 15) is 0 Å². The number of hydrogen-bond donors (Lipinski definition) is 1. The second kappa shape index (κ2) is 6.45. The molecular formula is C14H19N3O2. The molecule has 0 saturated carbocycles. The number of aliphatic hydroxyl groups is 1. The van der Waals surface area contributed by atoms with Gasteiger partial charge in [-0.2, -0.15) is 4.98 Å². The number of aliphatic hydroxyl groups excluding tert-OH is 1. The summed E-state index contributed by atoms with van der Waals surface area (Å²) < 4.78 is 5.27. The molecule has 0 amide bonds. The largest absolute Gasteiger partial charge is 0.395 e. The van der Waals surface area contributed by atoms with Crippen LogP contribution in [0, 0.1) is 6.92 Å². The maximum absolute atomic E-state index is 8.96. The molecule has 0 aliphatic carbocycles. The highest BCUT2D eigenvalue weighted by atomic mass is 16.5. The second-order valence-corrected chi connectivity index (χ2v) is 4.42. The fourth-order valence-electron chi connectivity index (χ4n) is 1.93. The van der Waals surface area contributed by atoms with Crippen molar-refractivity contribution in [2.75, 3.05) is 19.7 Å². The smallest absolute Gasteiger partial charge is 0.241 e. The lowest BCUT2D eigenvalue weighted by molar-refractivity contribution is 0.180. The third kappa shape index (κ3) is 3.39. The van der Waals surface area contributed by atoms with Gasteiger partial charge in [0.15, 0.2) is 0 Å². The van der Waals surface area contributed by atoms with Crippen molar-refractivity contribution in [3.63, 3.8) is 0 Å². The first-order valence-corrected chi connectivity index (χ1v) is 6.46. The Labute approximate surface area is 112 Å². The first kappa shape index (κ1) is 13.7. The minimum Gasteiger partial charge on any atom is -0.395 e. The predicted molar refractivity (Wildman–Crippen MR) is 72.5 cm³/mol. The van der Waals surface area contributed by atoms with Gasteiger partial charge in [-0.05, 0) is 19.0 Å². The van der Waals surface area contributed by atoms with Gasteiger partial charge in [0.1, 0.15) is 0 Å². The van der Waals surface area contributed by atoms with Crippen LogP contribution in [0.1, 0.15) is 18.4 Å². The van der Waals surface area contributed by atoms with Crippen molar-refractivity contribution in [3.8, 4) is 11.4 Å². The van der Waals surface area contributed by atoms with Crippen LogP contribution in [0.25, 0.3) is 11.4 Å². The number of likely N-dealkylation sites (N-methyl/N-ethyl adjacent to an activating group) is 1. The number of aryl methyl sites for hydroxylation is 1. The first-order valence-electron chi connectivity index (χ1n) is 6.46. The Morgan fingerprint density at radius 3 is 2.79 bits per heavy atom. The summed E-state index contributed by atoms with van der Waals surface area (Å²) in [6.07, 6.45) is 0. The molecular weight excluding hydrogens is 242 g/mol. The quantitative estimate of drug-likeness (QED) is 0.860. The Balaban J connectivity index is 2.13. The normalized spacial score (nSPS) is 11.2. The fourth-order valence-corrected chi connectivity index (χ4v) is 1.93. The van der Waals surface area contributed by atoms with Crippen molar-refractivity contribution >= 4 is 0 Å². The highest BCUT2D eigenvalue weighted by Gasteiger charge is 2.12. The van der Waals surface area contributed by atoms with Crippen LogP contribution in [0.15, 0.2) is 28.8 Å². The Hall–Kier alpha value is -1.72. The highest BCUT2D eigenvalue weighted by molar-refractivity contribution is 5.58. The maximum atomic E-state index is 8.96. The topological polar surface area (TPSA) is 62.4 Å². The number of nitrogens with zero attached hydrogens (tertiary/aromatic N) is 3. The Morgan fingerprint density at radius 2 is 2.11 bits per heavy atom. The van der Waals surface area contributed by atoms with E-state index in [0.29, 0.717) is 24.8 Å². The van der Waals surface area contributed by atoms with E-state index < -0.39 is 0 Å². The van der Waals surface area contributed by atoms with Crippen LogP contribution < -0.4 is 0 Å². The summed E-state index contributed by atoms with van der Waals surface area (Å²) >= 11 is 0. The van der Waals surface area contributed by atoms with E-state index in [-0.39, 0.29) is 6.61 Å². The van der Waals surface area contributed by atoms with Gasteiger partial charge in [0.25, 0.3) is 0 Å². The summed E-state index contributed by atoms with van der Waals surface area (Å²) in [5.41, 5.74) is 2.11. The van der Waals surface area contributed by atoms with Gasteiger partial charge < -0.3 is 9.63 Å². The van der Waals surface area contributed by atoms with Crippen LogP contribution in [0.3, 0.4) is 0 Å². The molecule has 0 spiro atoms. The molecule has 0 bridgehead atoms. The molecule has 5 heteroatoms. The molecule has 1 heterocycles. The Bertz CT molecular complexity index is 525. The van der Waals surface area contributed by atoms with Gasteiger partial charge in [-0.25, -0.2) is 0 Å². The molecule has 0 radical (unpaired) electrons. The minimum absolute atomic E-state index is 0.132. The summed E-state index contributed by atoms with van der Waals surface area (Å²) in [6.45, 7) is 6.20. The number of aromatic nitrogens is 2. The van der Waals surface area contributed by atoms with Crippen molar-refractivity contribution < 1.29 is 9.63 Å². The average molecular weight is 261 g/mol. The van der Waals surface area contributed by atoms with E-state index in [1.54, 1.807) is 0 Å². The van der Waals surface area contributed by atoms with E-state index >= 15 is 0 Å². The molecule has 0 aliphatic heterocycles. The Kier molecular flexibility index (Phi) is 4.65. The van der Waals surface area contributed by atoms with Crippen molar-refractivity contribution in [3.05, 3.63) is 35.7 Å². The van der Waals surface area contributed by atoms with Crippen LogP contribution in [-0.2, 0) is 6.54 Å². The summed E-state index contributed by atoms with van der Waals surface area (Å²) in [5.74, 6) is 1.20. The third-order valence-electron chi connectivity index (χ3n) is 3.08. The molecule has 0 unspecified atom stereocenters. The lowest BCUT2D eigenvalue weighted by atomic mass is 10.1. The van der Waals surface area contributed by atoms with Gasteiger partial charge in [-0.15, -0.1) is 0 Å². The van der Waals surface area contributed by atoms with Gasteiger partial charge in [0, 0.05) is 12.1 Å². The third-order valence-corrected chi connectivity index (χ3v) is 3.08. The van der Waals surface area contributed by atoms with E-state index in [4.69, 9.17) is 9.63 Å². The molecule has 0 fully saturated rings. The zero-order chi connectivity index (χ0) is 13.7. The molecule has 1 aromatic heterocycles. The van der Waals surface area contributed by atoms with Gasteiger partial charge >= 0.3 is 0 Å². The Morgan fingerprint density at radius 1 is 1.32 bits per heavy atom. The van der Waals surface area contributed by atoms with Gasteiger partial charge in [0.2, 0.25) is 11.7 Å². The highest BCUT2D eigenvalue weighted by Crippen LogP contribution is 2.20. The molecule has 1 aromatic carbocycles. The zero-order valence-electron chi connectivity index (χ0n) is 11.3. The van der Waals surface area contributed by atoms with Crippen LogP contribution in [0.4, 0.5) is 0 Å². The minimum atomic E-state index is 0.132. The summed E-state index contributed by atoms with van der Waals surface area (Å²) in [7, 11) is 0. The van der Waals surface area contributed by atoms with Gasteiger partial charge in [-0.3, -0.25) is 4.90 Å².